The van der Waals surface area contributed by atoms with E-state index in [0.29, 0.717) is 42.7 Å². The predicted octanol–water partition coefficient (Wildman–Crippen LogP) is 3.28. The molecule has 1 aliphatic heterocycles. The van der Waals surface area contributed by atoms with Gasteiger partial charge in [-0.3, -0.25) is 4.79 Å². The molecular formula is C20H26ClN3O3. The number of oxazole rings is 1. The van der Waals surface area contributed by atoms with Gasteiger partial charge in [-0.15, -0.1) is 0 Å². The number of ether oxygens (including phenoxy) is 1. The van der Waals surface area contributed by atoms with E-state index in [-0.39, 0.29) is 12.0 Å². The third-order valence-electron chi connectivity index (χ3n) is 4.73. The van der Waals surface area contributed by atoms with Crippen molar-refractivity contribution in [3.63, 3.8) is 0 Å². The third-order valence-corrected chi connectivity index (χ3v) is 4.98. The quantitative estimate of drug-likeness (QED) is 0.698. The molecular weight excluding hydrogens is 366 g/mol. The van der Waals surface area contributed by atoms with Gasteiger partial charge < -0.3 is 19.8 Å². The molecule has 27 heavy (non-hydrogen) atoms. The molecule has 2 aromatic rings. The summed E-state index contributed by atoms with van der Waals surface area (Å²) in [7, 11) is 0. The third kappa shape index (κ3) is 5.79. The Morgan fingerprint density at radius 2 is 2.04 bits per heavy atom. The van der Waals surface area contributed by atoms with Crippen LogP contribution in [0.2, 0.25) is 5.02 Å². The molecule has 0 atom stereocenters. The molecule has 0 bridgehead atoms. The molecule has 1 aromatic heterocycles. The highest BCUT2D eigenvalue weighted by Gasteiger charge is 2.23. The summed E-state index contributed by atoms with van der Waals surface area (Å²) >= 11 is 5.90. The van der Waals surface area contributed by atoms with Crippen molar-refractivity contribution in [3.05, 3.63) is 41.4 Å². The first-order valence-corrected chi connectivity index (χ1v) is 9.83. The normalized spacial score (nSPS) is 15.3. The highest BCUT2D eigenvalue weighted by Crippen LogP contribution is 2.23. The number of likely N-dealkylation sites (tertiary alicyclic amines) is 1. The number of hydrogen-bond acceptors (Lipinski definition) is 5. The Morgan fingerprint density at radius 1 is 1.30 bits per heavy atom. The molecule has 0 radical (unpaired) electrons. The molecule has 0 unspecified atom stereocenters. The number of benzene rings is 1. The zero-order valence-electron chi connectivity index (χ0n) is 15.4. The number of piperidine rings is 1. The molecule has 0 aliphatic carbocycles. The molecule has 1 aromatic carbocycles. The van der Waals surface area contributed by atoms with Gasteiger partial charge in [0.2, 0.25) is 5.91 Å². The fourth-order valence-electron chi connectivity index (χ4n) is 3.15. The lowest BCUT2D eigenvalue weighted by atomic mass is 10.1. The van der Waals surface area contributed by atoms with Crippen molar-refractivity contribution < 1.29 is 13.9 Å². The average molecular weight is 392 g/mol. The van der Waals surface area contributed by atoms with Crippen LogP contribution in [-0.2, 0) is 16.0 Å². The van der Waals surface area contributed by atoms with Gasteiger partial charge in [0.1, 0.15) is 0 Å². The van der Waals surface area contributed by atoms with Crippen molar-refractivity contribution in [2.24, 2.45) is 5.73 Å². The van der Waals surface area contributed by atoms with Gasteiger partial charge in [0.15, 0.2) is 11.7 Å². The maximum absolute atomic E-state index is 12.4. The fraction of sp³-hybridized carbons (Fsp3) is 0.500. The Balaban J connectivity index is 1.43. The summed E-state index contributed by atoms with van der Waals surface area (Å²) in [6, 6.07) is 7.40. The fourth-order valence-corrected chi connectivity index (χ4v) is 3.28. The summed E-state index contributed by atoms with van der Waals surface area (Å²) in [5, 5.41) is 0.678. The summed E-state index contributed by atoms with van der Waals surface area (Å²) < 4.78 is 11.5. The van der Waals surface area contributed by atoms with Crippen molar-refractivity contribution in [2.45, 2.75) is 38.2 Å². The van der Waals surface area contributed by atoms with E-state index in [9.17, 15) is 4.79 Å². The van der Waals surface area contributed by atoms with E-state index in [1.165, 1.54) is 0 Å². The molecule has 1 fully saturated rings. The van der Waals surface area contributed by atoms with Crippen LogP contribution in [0.1, 0.15) is 31.6 Å². The van der Waals surface area contributed by atoms with Crippen LogP contribution in [0, 0.1) is 0 Å². The van der Waals surface area contributed by atoms with E-state index < -0.39 is 0 Å². The Labute approximate surface area is 164 Å². The Morgan fingerprint density at radius 3 is 2.74 bits per heavy atom. The number of aromatic nitrogens is 1. The molecule has 2 N–H and O–H groups in total. The molecule has 6 nitrogen and oxygen atoms in total. The minimum Gasteiger partial charge on any atom is -0.441 e. The zero-order chi connectivity index (χ0) is 19.1. The predicted molar refractivity (Wildman–Crippen MR) is 104 cm³/mol. The second kappa shape index (κ2) is 9.88. The molecule has 1 saturated heterocycles. The smallest absolute Gasteiger partial charge is 0.223 e. The minimum absolute atomic E-state index is 0.140. The summed E-state index contributed by atoms with van der Waals surface area (Å²) in [5.41, 5.74) is 6.39. The summed E-state index contributed by atoms with van der Waals surface area (Å²) in [6.45, 7) is 2.84. The SMILES string of the molecule is NCCCOC1CCN(C(=O)CCc2ncc(-c3ccc(Cl)cc3)o2)CC1. The molecule has 2 heterocycles. The zero-order valence-corrected chi connectivity index (χ0v) is 16.2. The van der Waals surface area contributed by atoms with Gasteiger partial charge in [0.05, 0.1) is 12.3 Å². The average Bonchev–Trinajstić information content (AvgIpc) is 3.16. The number of nitrogens with two attached hydrogens (primary N) is 1. The first-order chi connectivity index (χ1) is 13.2. The second-order valence-electron chi connectivity index (χ2n) is 6.72. The van der Waals surface area contributed by atoms with Crippen molar-refractivity contribution >= 4 is 17.5 Å². The number of rotatable bonds is 8. The van der Waals surface area contributed by atoms with Gasteiger partial charge in [-0.25, -0.2) is 4.98 Å². The number of nitrogens with zero attached hydrogens (tertiary/aromatic N) is 2. The molecule has 1 amide bonds. The lowest BCUT2D eigenvalue weighted by Crippen LogP contribution is -2.41. The number of aryl methyl sites for hydroxylation is 1. The van der Waals surface area contributed by atoms with Crippen molar-refractivity contribution in [2.75, 3.05) is 26.2 Å². The first-order valence-electron chi connectivity index (χ1n) is 9.46. The van der Waals surface area contributed by atoms with Crippen LogP contribution in [0.5, 0.6) is 0 Å². The van der Waals surface area contributed by atoms with Crippen LogP contribution in [-0.4, -0.2) is 48.1 Å². The minimum atomic E-state index is 0.140. The molecule has 3 rings (SSSR count). The summed E-state index contributed by atoms with van der Waals surface area (Å²) in [5.74, 6) is 1.40. The van der Waals surface area contributed by atoms with E-state index >= 15 is 0 Å². The number of hydrogen-bond donors (Lipinski definition) is 1. The summed E-state index contributed by atoms with van der Waals surface area (Å²) in [4.78, 5) is 18.6. The van der Waals surface area contributed by atoms with E-state index in [4.69, 9.17) is 26.5 Å². The molecule has 7 heteroatoms. The lowest BCUT2D eigenvalue weighted by Gasteiger charge is -2.32. The van der Waals surface area contributed by atoms with Crippen molar-refractivity contribution in [3.8, 4) is 11.3 Å². The lowest BCUT2D eigenvalue weighted by molar-refractivity contribution is -0.133. The van der Waals surface area contributed by atoms with Crippen molar-refractivity contribution in [1.29, 1.82) is 0 Å². The van der Waals surface area contributed by atoms with Gasteiger partial charge in [-0.05, 0) is 50.1 Å². The summed E-state index contributed by atoms with van der Waals surface area (Å²) in [6.07, 6.45) is 5.49. The Hall–Kier alpha value is -1.89. The van der Waals surface area contributed by atoms with Gasteiger partial charge in [0, 0.05) is 43.1 Å². The highest BCUT2D eigenvalue weighted by molar-refractivity contribution is 6.30. The number of amides is 1. The maximum atomic E-state index is 12.4. The van der Waals surface area contributed by atoms with E-state index in [0.717, 1.165) is 37.9 Å². The van der Waals surface area contributed by atoms with Crippen LogP contribution in [0.4, 0.5) is 0 Å². The van der Waals surface area contributed by atoms with Crippen LogP contribution >= 0.6 is 11.6 Å². The number of carbonyl (C=O) groups excluding carboxylic acids is 1. The monoisotopic (exact) mass is 391 g/mol. The van der Waals surface area contributed by atoms with Gasteiger partial charge >= 0.3 is 0 Å². The van der Waals surface area contributed by atoms with Crippen LogP contribution < -0.4 is 5.73 Å². The van der Waals surface area contributed by atoms with Gasteiger partial charge in [-0.1, -0.05) is 11.6 Å². The van der Waals surface area contributed by atoms with Gasteiger partial charge in [0.25, 0.3) is 0 Å². The largest absolute Gasteiger partial charge is 0.441 e. The maximum Gasteiger partial charge on any atom is 0.223 e. The van der Waals surface area contributed by atoms with E-state index in [2.05, 4.69) is 4.98 Å². The molecule has 0 spiro atoms. The molecule has 0 saturated carbocycles. The van der Waals surface area contributed by atoms with E-state index in [1.807, 2.05) is 29.2 Å². The number of carbonyl (C=O) groups is 1. The standard InChI is InChI=1S/C20H26ClN3O3/c21-16-4-2-15(3-5-16)18-14-23-19(27-18)6-7-20(25)24-11-8-17(9-12-24)26-13-1-10-22/h2-5,14,17H,1,6-13,22H2. The Kier molecular flexibility index (Phi) is 7.26. The van der Waals surface area contributed by atoms with Crippen molar-refractivity contribution in [1.82, 2.24) is 9.88 Å². The molecule has 1 aliphatic rings. The Bertz CT molecular complexity index is 724. The number of halogens is 1. The van der Waals surface area contributed by atoms with Gasteiger partial charge in [-0.2, -0.15) is 0 Å². The second-order valence-corrected chi connectivity index (χ2v) is 7.15. The van der Waals surface area contributed by atoms with Crippen LogP contribution in [0.3, 0.4) is 0 Å². The van der Waals surface area contributed by atoms with Crippen LogP contribution in [0.15, 0.2) is 34.9 Å². The topological polar surface area (TPSA) is 81.6 Å². The molecule has 146 valence electrons. The highest BCUT2D eigenvalue weighted by atomic mass is 35.5. The first kappa shape index (κ1) is 19.9. The van der Waals surface area contributed by atoms with E-state index in [1.54, 1.807) is 6.20 Å². The van der Waals surface area contributed by atoms with Crippen LogP contribution in [0.25, 0.3) is 11.3 Å².